The molecule has 0 fully saturated rings. The minimum Gasteiger partial charge on any atom is -0.383 e. The van der Waals surface area contributed by atoms with Crippen LogP contribution in [0.2, 0.25) is 0 Å². The molecular weight excluding hydrogens is 272 g/mol. The summed E-state index contributed by atoms with van der Waals surface area (Å²) in [5.74, 6) is 0.233. The molecule has 1 aromatic heterocycles. The van der Waals surface area contributed by atoms with Crippen molar-refractivity contribution in [3.63, 3.8) is 0 Å². The largest absolute Gasteiger partial charge is 0.383 e. The maximum Gasteiger partial charge on any atom is 0.253 e. The Kier molecular flexibility index (Phi) is 4.81. The van der Waals surface area contributed by atoms with E-state index in [2.05, 4.69) is 41.3 Å². The predicted molar refractivity (Wildman–Crippen MR) is 82.0 cm³/mol. The Bertz CT molecular complexity index is 654. The third kappa shape index (κ3) is 3.85. The number of nitrogens with one attached hydrogen (secondary N) is 2. The van der Waals surface area contributed by atoms with Crippen molar-refractivity contribution in [3.8, 4) is 0 Å². The lowest BCUT2D eigenvalue weighted by atomic mass is 10.1. The van der Waals surface area contributed by atoms with E-state index in [1.165, 1.54) is 29.0 Å². The van der Waals surface area contributed by atoms with Gasteiger partial charge >= 0.3 is 0 Å². The van der Waals surface area contributed by atoms with Crippen LogP contribution in [-0.2, 0) is 6.54 Å². The van der Waals surface area contributed by atoms with Gasteiger partial charge < -0.3 is 16.0 Å². The highest BCUT2D eigenvalue weighted by atomic mass is 32.2. The molecule has 0 saturated heterocycles. The topological polar surface area (TPSA) is 83.8 Å². The third-order valence-corrected chi connectivity index (χ3v) is 3.71. The van der Waals surface area contributed by atoms with Crippen LogP contribution in [0.15, 0.2) is 39.1 Å². The Balaban J connectivity index is 2.17. The summed E-state index contributed by atoms with van der Waals surface area (Å²) in [5, 5.41) is 3.81. The summed E-state index contributed by atoms with van der Waals surface area (Å²) in [6, 6.07) is 7.47. The second kappa shape index (κ2) is 6.58. The molecule has 0 saturated carbocycles. The fraction of sp³-hybridized carbons (Fsp3) is 0.286. The van der Waals surface area contributed by atoms with E-state index in [4.69, 9.17) is 5.73 Å². The van der Waals surface area contributed by atoms with Crippen LogP contribution in [0, 0.1) is 6.92 Å². The molecule has 4 N–H and O–H groups in total. The van der Waals surface area contributed by atoms with Crippen molar-refractivity contribution in [1.82, 2.24) is 15.3 Å². The molecule has 0 unspecified atom stereocenters. The van der Waals surface area contributed by atoms with Gasteiger partial charge in [0.1, 0.15) is 5.82 Å². The minimum atomic E-state index is -0.236. The Labute approximate surface area is 122 Å². The van der Waals surface area contributed by atoms with Gasteiger partial charge in [-0.2, -0.15) is 0 Å². The van der Waals surface area contributed by atoms with Gasteiger partial charge in [0.15, 0.2) is 5.16 Å². The van der Waals surface area contributed by atoms with Gasteiger partial charge in [-0.05, 0) is 36.7 Å². The molecule has 0 radical (unpaired) electrons. The molecular formula is C14H18N4OS. The van der Waals surface area contributed by atoms with Crippen LogP contribution in [0.1, 0.15) is 18.1 Å². The molecule has 2 rings (SSSR count). The molecule has 0 amide bonds. The van der Waals surface area contributed by atoms with Crippen LogP contribution in [0.5, 0.6) is 0 Å². The first kappa shape index (κ1) is 14.6. The highest BCUT2D eigenvalue weighted by Gasteiger charge is 2.04. The Morgan fingerprint density at radius 3 is 2.85 bits per heavy atom. The van der Waals surface area contributed by atoms with Gasteiger partial charge in [-0.1, -0.05) is 24.8 Å². The molecule has 1 aromatic carbocycles. The third-order valence-electron chi connectivity index (χ3n) is 2.83. The van der Waals surface area contributed by atoms with Crippen LogP contribution >= 0.6 is 11.8 Å². The van der Waals surface area contributed by atoms with Gasteiger partial charge in [-0.15, -0.1) is 0 Å². The van der Waals surface area contributed by atoms with Crippen molar-refractivity contribution >= 4 is 17.6 Å². The maximum atomic E-state index is 11.3. The number of aromatic amines is 1. The smallest absolute Gasteiger partial charge is 0.253 e. The van der Waals surface area contributed by atoms with Gasteiger partial charge in [0, 0.05) is 17.5 Å². The number of anilines is 1. The summed E-state index contributed by atoms with van der Waals surface area (Å²) in [6.45, 7) is 5.97. The van der Waals surface area contributed by atoms with E-state index in [1.807, 2.05) is 6.07 Å². The molecule has 1 heterocycles. The molecule has 0 spiro atoms. The van der Waals surface area contributed by atoms with E-state index in [9.17, 15) is 4.79 Å². The second-order valence-electron chi connectivity index (χ2n) is 4.45. The number of benzene rings is 1. The average molecular weight is 290 g/mol. The van der Waals surface area contributed by atoms with Gasteiger partial charge in [0.2, 0.25) is 0 Å². The van der Waals surface area contributed by atoms with Crippen molar-refractivity contribution < 1.29 is 0 Å². The van der Waals surface area contributed by atoms with E-state index < -0.39 is 0 Å². The molecule has 2 aromatic rings. The summed E-state index contributed by atoms with van der Waals surface area (Å²) in [5.41, 5.74) is 7.81. The minimum absolute atomic E-state index is 0.233. The molecule has 0 bridgehead atoms. The lowest BCUT2D eigenvalue weighted by Gasteiger charge is -2.08. The number of aryl methyl sites for hydroxylation is 1. The normalized spacial score (nSPS) is 10.7. The summed E-state index contributed by atoms with van der Waals surface area (Å²) >= 11 is 1.40. The monoisotopic (exact) mass is 290 g/mol. The van der Waals surface area contributed by atoms with Crippen LogP contribution in [-0.4, -0.2) is 16.5 Å². The Morgan fingerprint density at radius 2 is 2.20 bits per heavy atom. The first-order chi connectivity index (χ1) is 9.58. The first-order valence-corrected chi connectivity index (χ1v) is 7.25. The van der Waals surface area contributed by atoms with Crippen molar-refractivity contribution in [1.29, 1.82) is 0 Å². The zero-order valence-electron chi connectivity index (χ0n) is 11.6. The maximum absolute atomic E-state index is 11.3. The van der Waals surface area contributed by atoms with Crippen molar-refractivity contribution in [2.75, 3.05) is 12.3 Å². The van der Waals surface area contributed by atoms with E-state index in [-0.39, 0.29) is 11.4 Å². The molecule has 6 heteroatoms. The Morgan fingerprint density at radius 1 is 1.40 bits per heavy atom. The number of nitrogens with zero attached hydrogens (tertiary/aromatic N) is 1. The fourth-order valence-corrected chi connectivity index (χ4v) is 2.70. The molecule has 0 aliphatic rings. The first-order valence-electron chi connectivity index (χ1n) is 6.43. The number of nitrogen functional groups attached to an aromatic ring is 1. The standard InChI is InChI=1S/C14H18N4OS/c1-3-16-8-10-4-5-11(6-9(10)2)20-14-17-12(15)7-13(19)18-14/h4-7,16H,3,8H2,1-2H3,(H3,15,17,18,19). The number of H-pyrrole nitrogens is 1. The Hall–Kier alpha value is -1.79. The summed E-state index contributed by atoms with van der Waals surface area (Å²) in [6.07, 6.45) is 0. The SMILES string of the molecule is CCNCc1ccc(Sc2nc(N)cc(=O)[nH]2)cc1C. The molecule has 5 nitrogen and oxygen atoms in total. The molecule has 106 valence electrons. The van der Waals surface area contributed by atoms with Crippen LogP contribution in [0.3, 0.4) is 0 Å². The van der Waals surface area contributed by atoms with Crippen LogP contribution < -0.4 is 16.6 Å². The zero-order valence-corrected chi connectivity index (χ0v) is 12.4. The fourth-order valence-electron chi connectivity index (χ4n) is 1.80. The highest BCUT2D eigenvalue weighted by molar-refractivity contribution is 7.99. The quantitative estimate of drug-likeness (QED) is 0.733. The number of rotatable bonds is 5. The van der Waals surface area contributed by atoms with Crippen molar-refractivity contribution in [2.24, 2.45) is 0 Å². The van der Waals surface area contributed by atoms with Crippen LogP contribution in [0.25, 0.3) is 0 Å². The van der Waals surface area contributed by atoms with E-state index >= 15 is 0 Å². The molecule has 20 heavy (non-hydrogen) atoms. The lowest BCUT2D eigenvalue weighted by molar-refractivity contribution is 0.723. The number of nitrogens with two attached hydrogens (primary N) is 1. The van der Waals surface area contributed by atoms with Crippen LogP contribution in [0.4, 0.5) is 5.82 Å². The average Bonchev–Trinajstić information content (AvgIpc) is 2.36. The number of hydrogen-bond donors (Lipinski definition) is 3. The summed E-state index contributed by atoms with van der Waals surface area (Å²) in [4.78, 5) is 19.1. The molecule has 0 aliphatic carbocycles. The summed E-state index contributed by atoms with van der Waals surface area (Å²) in [7, 11) is 0. The molecule has 0 aliphatic heterocycles. The van der Waals surface area contributed by atoms with Gasteiger partial charge in [-0.3, -0.25) is 4.79 Å². The highest BCUT2D eigenvalue weighted by Crippen LogP contribution is 2.26. The van der Waals surface area contributed by atoms with Gasteiger partial charge in [0.05, 0.1) is 0 Å². The predicted octanol–water partition coefficient (Wildman–Crippen LogP) is 1.92. The van der Waals surface area contributed by atoms with Crippen molar-refractivity contribution in [2.45, 2.75) is 30.4 Å². The lowest BCUT2D eigenvalue weighted by Crippen LogP contribution is -2.12. The number of aromatic nitrogens is 2. The van der Waals surface area contributed by atoms with E-state index in [0.717, 1.165) is 18.0 Å². The second-order valence-corrected chi connectivity index (χ2v) is 5.51. The summed E-state index contributed by atoms with van der Waals surface area (Å²) < 4.78 is 0. The zero-order chi connectivity index (χ0) is 14.5. The van der Waals surface area contributed by atoms with E-state index in [0.29, 0.717) is 5.16 Å². The van der Waals surface area contributed by atoms with Gasteiger partial charge in [-0.25, -0.2) is 4.98 Å². The van der Waals surface area contributed by atoms with Gasteiger partial charge in [0.25, 0.3) is 5.56 Å². The van der Waals surface area contributed by atoms with E-state index in [1.54, 1.807) is 0 Å². The van der Waals surface area contributed by atoms with Crippen molar-refractivity contribution in [3.05, 3.63) is 45.7 Å². The number of hydrogen-bond acceptors (Lipinski definition) is 5. The molecule has 0 atom stereocenters.